The van der Waals surface area contributed by atoms with Gasteiger partial charge in [0.1, 0.15) is 5.82 Å². The van der Waals surface area contributed by atoms with Crippen molar-refractivity contribution in [3.05, 3.63) is 35.6 Å². The Morgan fingerprint density at radius 3 is 2.53 bits per heavy atom. The van der Waals surface area contributed by atoms with E-state index in [1.165, 1.54) is 6.07 Å². The maximum Gasteiger partial charge on any atom is 0.128 e. The van der Waals surface area contributed by atoms with Gasteiger partial charge in [-0.3, -0.25) is 0 Å². The molecule has 0 fully saturated rings. The zero-order valence-electron chi connectivity index (χ0n) is 11.1. The second-order valence-electron chi connectivity index (χ2n) is 4.79. The first kappa shape index (κ1) is 14.1. The van der Waals surface area contributed by atoms with E-state index in [4.69, 9.17) is 4.74 Å². The van der Waals surface area contributed by atoms with Crippen LogP contribution in [0.1, 0.15) is 38.8 Å². The average Bonchev–Trinajstić information content (AvgIpc) is 2.32. The number of halogens is 1. The molecule has 2 nitrogen and oxygen atoms in total. The van der Waals surface area contributed by atoms with Crippen molar-refractivity contribution in [3.8, 4) is 0 Å². The molecule has 3 heteroatoms. The Labute approximate surface area is 103 Å². The topological polar surface area (TPSA) is 21.3 Å². The van der Waals surface area contributed by atoms with Crippen LogP contribution in [0, 0.1) is 5.82 Å². The van der Waals surface area contributed by atoms with Gasteiger partial charge in [0.25, 0.3) is 0 Å². The number of rotatable bonds is 6. The Morgan fingerprint density at radius 2 is 2.00 bits per heavy atom. The van der Waals surface area contributed by atoms with Gasteiger partial charge in [0, 0.05) is 5.56 Å². The van der Waals surface area contributed by atoms with Crippen LogP contribution < -0.4 is 5.32 Å². The number of ether oxygens (including phenoxy) is 1. The lowest BCUT2D eigenvalue weighted by molar-refractivity contribution is -0.0303. The standard InChI is InChI=1S/C14H22FNO/c1-5-14(2,3)17-10-13(16-4)11-8-6-7-9-12(11)15/h6-9,13,16H,5,10H2,1-4H3. The highest BCUT2D eigenvalue weighted by molar-refractivity contribution is 5.21. The second kappa shape index (κ2) is 6.12. The van der Waals surface area contributed by atoms with Crippen molar-refractivity contribution >= 4 is 0 Å². The number of hydrogen-bond acceptors (Lipinski definition) is 2. The van der Waals surface area contributed by atoms with E-state index in [-0.39, 0.29) is 17.5 Å². The summed E-state index contributed by atoms with van der Waals surface area (Å²) in [5.41, 5.74) is 0.488. The summed E-state index contributed by atoms with van der Waals surface area (Å²) >= 11 is 0. The predicted octanol–water partition coefficient (Wildman–Crippen LogP) is 3.29. The van der Waals surface area contributed by atoms with Crippen molar-refractivity contribution < 1.29 is 9.13 Å². The molecule has 1 aromatic carbocycles. The molecule has 0 aliphatic heterocycles. The minimum atomic E-state index is -0.190. The molecule has 0 amide bonds. The lowest BCUT2D eigenvalue weighted by atomic mass is 10.0. The molecule has 0 bridgehead atoms. The summed E-state index contributed by atoms with van der Waals surface area (Å²) < 4.78 is 19.4. The molecule has 0 heterocycles. The summed E-state index contributed by atoms with van der Waals surface area (Å²) in [7, 11) is 1.82. The number of nitrogens with one attached hydrogen (secondary N) is 1. The van der Waals surface area contributed by atoms with E-state index in [0.717, 1.165) is 6.42 Å². The van der Waals surface area contributed by atoms with E-state index >= 15 is 0 Å². The van der Waals surface area contributed by atoms with Crippen LogP contribution in [0.4, 0.5) is 4.39 Å². The van der Waals surface area contributed by atoms with Gasteiger partial charge in [-0.2, -0.15) is 0 Å². The number of hydrogen-bond donors (Lipinski definition) is 1. The summed E-state index contributed by atoms with van der Waals surface area (Å²) in [5.74, 6) is -0.190. The molecule has 0 saturated heterocycles. The normalized spacial score (nSPS) is 13.7. The smallest absolute Gasteiger partial charge is 0.128 e. The summed E-state index contributed by atoms with van der Waals surface area (Å²) in [4.78, 5) is 0. The Morgan fingerprint density at radius 1 is 1.35 bits per heavy atom. The molecule has 96 valence electrons. The van der Waals surface area contributed by atoms with Crippen LogP contribution in [0.15, 0.2) is 24.3 Å². The maximum atomic E-state index is 13.6. The zero-order valence-corrected chi connectivity index (χ0v) is 11.1. The third kappa shape index (κ3) is 4.10. The van der Waals surface area contributed by atoms with Gasteiger partial charge in [-0.25, -0.2) is 4.39 Å². The summed E-state index contributed by atoms with van der Waals surface area (Å²) in [5, 5.41) is 3.09. The molecule has 0 aliphatic carbocycles. The first-order valence-electron chi connectivity index (χ1n) is 6.06. The highest BCUT2D eigenvalue weighted by Crippen LogP contribution is 2.21. The lowest BCUT2D eigenvalue weighted by Crippen LogP contribution is -2.30. The van der Waals surface area contributed by atoms with Crippen LogP contribution in [-0.2, 0) is 4.74 Å². The summed E-state index contributed by atoms with van der Waals surface area (Å²) in [6.07, 6.45) is 0.931. The second-order valence-corrected chi connectivity index (χ2v) is 4.79. The predicted molar refractivity (Wildman–Crippen MR) is 68.5 cm³/mol. The van der Waals surface area contributed by atoms with E-state index in [0.29, 0.717) is 12.2 Å². The van der Waals surface area contributed by atoms with Crippen LogP contribution in [0.5, 0.6) is 0 Å². The fourth-order valence-electron chi connectivity index (χ4n) is 1.50. The molecule has 0 aromatic heterocycles. The molecule has 0 spiro atoms. The van der Waals surface area contributed by atoms with Crippen LogP contribution in [0.3, 0.4) is 0 Å². The molecule has 0 aliphatic rings. The van der Waals surface area contributed by atoms with Crippen LogP contribution in [0.25, 0.3) is 0 Å². The highest BCUT2D eigenvalue weighted by Gasteiger charge is 2.20. The maximum absolute atomic E-state index is 13.6. The minimum Gasteiger partial charge on any atom is -0.374 e. The van der Waals surface area contributed by atoms with Crippen molar-refractivity contribution in [3.63, 3.8) is 0 Å². The van der Waals surface area contributed by atoms with E-state index < -0.39 is 0 Å². The fraction of sp³-hybridized carbons (Fsp3) is 0.571. The molecule has 0 radical (unpaired) electrons. The fourth-order valence-corrected chi connectivity index (χ4v) is 1.50. The Hall–Kier alpha value is -0.930. The number of benzene rings is 1. The van der Waals surface area contributed by atoms with Crippen molar-refractivity contribution in [2.45, 2.75) is 38.8 Å². The highest BCUT2D eigenvalue weighted by atomic mass is 19.1. The van der Waals surface area contributed by atoms with Crippen molar-refractivity contribution in [1.82, 2.24) is 5.32 Å². The van der Waals surface area contributed by atoms with E-state index in [9.17, 15) is 4.39 Å². The Bertz CT molecular complexity index is 352. The largest absolute Gasteiger partial charge is 0.374 e. The molecular formula is C14H22FNO. The van der Waals surface area contributed by atoms with Gasteiger partial charge >= 0.3 is 0 Å². The third-order valence-electron chi connectivity index (χ3n) is 3.12. The van der Waals surface area contributed by atoms with Crippen molar-refractivity contribution in [1.29, 1.82) is 0 Å². The zero-order chi connectivity index (χ0) is 12.9. The Kier molecular flexibility index (Phi) is 5.09. The molecule has 1 rings (SSSR count). The van der Waals surface area contributed by atoms with Gasteiger partial charge in [-0.15, -0.1) is 0 Å². The van der Waals surface area contributed by atoms with Crippen molar-refractivity contribution in [2.75, 3.05) is 13.7 Å². The summed E-state index contributed by atoms with van der Waals surface area (Å²) in [6, 6.07) is 6.70. The van der Waals surface area contributed by atoms with E-state index in [1.54, 1.807) is 12.1 Å². The van der Waals surface area contributed by atoms with Crippen molar-refractivity contribution in [2.24, 2.45) is 0 Å². The van der Waals surface area contributed by atoms with Gasteiger partial charge in [-0.05, 0) is 33.4 Å². The minimum absolute atomic E-state index is 0.109. The molecule has 1 unspecified atom stereocenters. The molecule has 0 saturated carbocycles. The molecular weight excluding hydrogens is 217 g/mol. The van der Waals surface area contributed by atoms with Gasteiger partial charge < -0.3 is 10.1 Å². The Balaban J connectivity index is 2.70. The quantitative estimate of drug-likeness (QED) is 0.822. The SMILES string of the molecule is CCC(C)(C)OCC(NC)c1ccccc1F. The van der Waals surface area contributed by atoms with Gasteiger partial charge in [-0.1, -0.05) is 25.1 Å². The third-order valence-corrected chi connectivity index (χ3v) is 3.12. The van der Waals surface area contributed by atoms with Crippen LogP contribution >= 0.6 is 0 Å². The molecule has 17 heavy (non-hydrogen) atoms. The molecule has 1 N–H and O–H groups in total. The van der Waals surface area contributed by atoms with Crippen LogP contribution in [-0.4, -0.2) is 19.3 Å². The average molecular weight is 239 g/mol. The van der Waals surface area contributed by atoms with Gasteiger partial charge in [0.05, 0.1) is 18.2 Å². The molecule has 1 atom stereocenters. The first-order valence-corrected chi connectivity index (χ1v) is 6.06. The van der Waals surface area contributed by atoms with Gasteiger partial charge in [0.15, 0.2) is 0 Å². The molecule has 1 aromatic rings. The summed E-state index contributed by atoms with van der Waals surface area (Å²) in [6.45, 7) is 6.64. The van der Waals surface area contributed by atoms with Gasteiger partial charge in [0.2, 0.25) is 0 Å². The monoisotopic (exact) mass is 239 g/mol. The van der Waals surface area contributed by atoms with Crippen LogP contribution in [0.2, 0.25) is 0 Å². The number of likely N-dealkylation sites (N-methyl/N-ethyl adjacent to an activating group) is 1. The van der Waals surface area contributed by atoms with E-state index in [1.807, 2.05) is 27.0 Å². The van der Waals surface area contributed by atoms with E-state index in [2.05, 4.69) is 12.2 Å². The first-order chi connectivity index (χ1) is 8.00. The lowest BCUT2D eigenvalue weighted by Gasteiger charge is -2.27.